The van der Waals surface area contributed by atoms with Crippen molar-refractivity contribution in [2.45, 2.75) is 25.2 Å². The summed E-state index contributed by atoms with van der Waals surface area (Å²) < 4.78 is 17.2. The van der Waals surface area contributed by atoms with Gasteiger partial charge in [-0.25, -0.2) is 0 Å². The van der Waals surface area contributed by atoms with Crippen LogP contribution in [0.4, 0.5) is 0 Å². The van der Waals surface area contributed by atoms with Gasteiger partial charge in [0, 0.05) is 12.6 Å². The van der Waals surface area contributed by atoms with Crippen LogP contribution in [0.5, 0.6) is 17.2 Å². The molecule has 5 heteroatoms. The molecule has 0 saturated heterocycles. The summed E-state index contributed by atoms with van der Waals surface area (Å²) in [4.78, 5) is 0. The van der Waals surface area contributed by atoms with Crippen LogP contribution >= 0.6 is 0 Å². The standard InChI is InChI=1S/C19H23NO4/c1-14(19-13-23-17-9-5-6-10-18(17)24-19)20-11-15(21)12-22-16-7-3-2-4-8-16/h2-10,14-15,19-21H,11-13H2,1H3/t14-,15-,19+/m1/s1. The average molecular weight is 329 g/mol. The Morgan fingerprint density at radius 2 is 1.83 bits per heavy atom. The van der Waals surface area contributed by atoms with Crippen LogP contribution in [-0.4, -0.2) is 43.1 Å². The lowest BCUT2D eigenvalue weighted by Gasteiger charge is -2.31. The first-order valence-corrected chi connectivity index (χ1v) is 8.20. The molecule has 128 valence electrons. The van der Waals surface area contributed by atoms with Crippen LogP contribution < -0.4 is 19.5 Å². The van der Waals surface area contributed by atoms with Crippen molar-refractivity contribution in [2.75, 3.05) is 19.8 Å². The van der Waals surface area contributed by atoms with Gasteiger partial charge in [-0.05, 0) is 31.2 Å². The Labute approximate surface area is 142 Å². The van der Waals surface area contributed by atoms with E-state index in [1.807, 2.05) is 61.5 Å². The third-order valence-corrected chi connectivity index (χ3v) is 3.95. The zero-order valence-electron chi connectivity index (χ0n) is 13.7. The average Bonchev–Trinajstić information content (AvgIpc) is 2.65. The van der Waals surface area contributed by atoms with Gasteiger partial charge in [-0.15, -0.1) is 0 Å². The summed E-state index contributed by atoms with van der Waals surface area (Å²) in [5.74, 6) is 2.29. The Kier molecular flexibility index (Phi) is 5.56. The Morgan fingerprint density at radius 3 is 2.62 bits per heavy atom. The van der Waals surface area contributed by atoms with E-state index in [-0.39, 0.29) is 18.8 Å². The molecule has 0 radical (unpaired) electrons. The van der Waals surface area contributed by atoms with Gasteiger partial charge < -0.3 is 24.6 Å². The predicted octanol–water partition coefficient (Wildman–Crippen LogP) is 2.24. The number of aliphatic hydroxyl groups is 1. The molecule has 2 aromatic carbocycles. The first kappa shape index (κ1) is 16.6. The summed E-state index contributed by atoms with van der Waals surface area (Å²) in [5.41, 5.74) is 0. The fourth-order valence-corrected chi connectivity index (χ4v) is 2.50. The highest BCUT2D eigenvalue weighted by atomic mass is 16.6. The van der Waals surface area contributed by atoms with E-state index in [0.29, 0.717) is 13.2 Å². The number of hydrogen-bond donors (Lipinski definition) is 2. The van der Waals surface area contributed by atoms with Gasteiger partial charge >= 0.3 is 0 Å². The van der Waals surface area contributed by atoms with Crippen LogP contribution in [-0.2, 0) is 0 Å². The fourth-order valence-electron chi connectivity index (χ4n) is 2.50. The van der Waals surface area contributed by atoms with Gasteiger partial charge in [0.25, 0.3) is 0 Å². The van der Waals surface area contributed by atoms with Gasteiger partial charge in [0.1, 0.15) is 31.2 Å². The Morgan fingerprint density at radius 1 is 1.12 bits per heavy atom. The molecule has 1 aliphatic heterocycles. The lowest BCUT2D eigenvalue weighted by Crippen LogP contribution is -2.48. The van der Waals surface area contributed by atoms with Crippen LogP contribution in [0.15, 0.2) is 54.6 Å². The van der Waals surface area contributed by atoms with E-state index in [2.05, 4.69) is 5.32 Å². The molecule has 0 spiro atoms. The SMILES string of the molecule is C[C@@H](NC[C@@H](O)COc1ccccc1)[C@@H]1COc2ccccc2O1. The van der Waals surface area contributed by atoms with E-state index < -0.39 is 6.10 Å². The van der Waals surface area contributed by atoms with Crippen LogP contribution in [0.3, 0.4) is 0 Å². The number of nitrogens with one attached hydrogen (secondary N) is 1. The van der Waals surface area contributed by atoms with Gasteiger partial charge in [-0.1, -0.05) is 30.3 Å². The number of para-hydroxylation sites is 3. The quantitative estimate of drug-likeness (QED) is 0.816. The Bertz CT molecular complexity index is 634. The number of fused-ring (bicyclic) bond motifs is 1. The zero-order chi connectivity index (χ0) is 16.8. The van der Waals surface area contributed by atoms with Gasteiger partial charge in [0.2, 0.25) is 0 Å². The summed E-state index contributed by atoms with van der Waals surface area (Å²) in [6, 6.07) is 17.2. The molecule has 3 rings (SSSR count). The number of benzene rings is 2. The second-order valence-corrected chi connectivity index (χ2v) is 5.89. The molecule has 1 heterocycles. The van der Waals surface area contributed by atoms with Crippen molar-refractivity contribution >= 4 is 0 Å². The normalized spacial score (nSPS) is 18.7. The number of aliphatic hydroxyl groups excluding tert-OH is 1. The van der Waals surface area contributed by atoms with E-state index in [0.717, 1.165) is 17.2 Å². The lowest BCUT2D eigenvalue weighted by atomic mass is 10.1. The second-order valence-electron chi connectivity index (χ2n) is 5.89. The minimum absolute atomic E-state index is 0.0460. The molecule has 0 bridgehead atoms. The first-order valence-electron chi connectivity index (χ1n) is 8.20. The molecule has 24 heavy (non-hydrogen) atoms. The van der Waals surface area contributed by atoms with Crippen molar-refractivity contribution in [2.24, 2.45) is 0 Å². The predicted molar refractivity (Wildman–Crippen MR) is 91.8 cm³/mol. The molecule has 0 amide bonds. The maximum atomic E-state index is 10.1. The topological polar surface area (TPSA) is 60.0 Å². The van der Waals surface area contributed by atoms with Crippen molar-refractivity contribution in [1.82, 2.24) is 5.32 Å². The minimum Gasteiger partial charge on any atom is -0.491 e. The molecule has 0 fully saturated rings. The highest BCUT2D eigenvalue weighted by Crippen LogP contribution is 2.31. The molecular weight excluding hydrogens is 306 g/mol. The van der Waals surface area contributed by atoms with E-state index in [1.165, 1.54) is 0 Å². The number of hydrogen-bond acceptors (Lipinski definition) is 5. The molecule has 5 nitrogen and oxygen atoms in total. The maximum Gasteiger partial charge on any atom is 0.161 e. The van der Waals surface area contributed by atoms with Crippen LogP contribution in [0.1, 0.15) is 6.92 Å². The summed E-state index contributed by atoms with van der Waals surface area (Å²) in [6.07, 6.45) is -0.688. The molecule has 0 saturated carbocycles. The lowest BCUT2D eigenvalue weighted by molar-refractivity contribution is 0.0557. The molecule has 1 aliphatic rings. The van der Waals surface area contributed by atoms with E-state index in [1.54, 1.807) is 0 Å². The molecule has 3 atom stereocenters. The molecule has 0 aliphatic carbocycles. The third-order valence-electron chi connectivity index (χ3n) is 3.95. The van der Waals surface area contributed by atoms with Crippen molar-refractivity contribution in [3.05, 3.63) is 54.6 Å². The molecule has 2 N–H and O–H groups in total. The number of rotatable bonds is 7. The van der Waals surface area contributed by atoms with Crippen LogP contribution in [0.25, 0.3) is 0 Å². The van der Waals surface area contributed by atoms with Crippen molar-refractivity contribution in [1.29, 1.82) is 0 Å². The van der Waals surface area contributed by atoms with Crippen LogP contribution in [0.2, 0.25) is 0 Å². The maximum absolute atomic E-state index is 10.1. The van der Waals surface area contributed by atoms with Crippen LogP contribution in [0, 0.1) is 0 Å². The Balaban J connectivity index is 1.41. The molecule has 2 aromatic rings. The van der Waals surface area contributed by atoms with E-state index in [4.69, 9.17) is 14.2 Å². The molecule has 0 unspecified atom stereocenters. The monoisotopic (exact) mass is 329 g/mol. The largest absolute Gasteiger partial charge is 0.491 e. The van der Waals surface area contributed by atoms with Crippen molar-refractivity contribution < 1.29 is 19.3 Å². The van der Waals surface area contributed by atoms with E-state index >= 15 is 0 Å². The third kappa shape index (κ3) is 4.40. The second kappa shape index (κ2) is 8.04. The van der Waals surface area contributed by atoms with E-state index in [9.17, 15) is 5.11 Å². The van der Waals surface area contributed by atoms with Gasteiger partial charge in [0.05, 0.1) is 0 Å². The highest BCUT2D eigenvalue weighted by molar-refractivity contribution is 5.40. The van der Waals surface area contributed by atoms with Gasteiger partial charge in [-0.2, -0.15) is 0 Å². The van der Waals surface area contributed by atoms with Crippen molar-refractivity contribution in [3.63, 3.8) is 0 Å². The zero-order valence-corrected chi connectivity index (χ0v) is 13.7. The van der Waals surface area contributed by atoms with Crippen molar-refractivity contribution in [3.8, 4) is 17.2 Å². The smallest absolute Gasteiger partial charge is 0.161 e. The highest BCUT2D eigenvalue weighted by Gasteiger charge is 2.26. The molecular formula is C19H23NO4. The Hall–Kier alpha value is -2.24. The summed E-state index contributed by atoms with van der Waals surface area (Å²) in [7, 11) is 0. The summed E-state index contributed by atoms with van der Waals surface area (Å²) in [6.45, 7) is 3.18. The minimum atomic E-state index is -0.593. The van der Waals surface area contributed by atoms with Gasteiger partial charge in [0.15, 0.2) is 11.5 Å². The fraction of sp³-hybridized carbons (Fsp3) is 0.368. The number of ether oxygens (including phenoxy) is 3. The van der Waals surface area contributed by atoms with Gasteiger partial charge in [-0.3, -0.25) is 0 Å². The molecule has 0 aromatic heterocycles. The first-order chi connectivity index (χ1) is 11.7. The summed E-state index contributed by atoms with van der Waals surface area (Å²) in [5, 5.41) is 13.3. The summed E-state index contributed by atoms with van der Waals surface area (Å²) >= 11 is 0.